The number of piperidine rings is 1. The van der Waals surface area contributed by atoms with Crippen LogP contribution < -0.4 is 19.8 Å². The summed E-state index contributed by atoms with van der Waals surface area (Å²) in [6.07, 6.45) is 2.47. The predicted molar refractivity (Wildman–Crippen MR) is 163 cm³/mol. The number of anilines is 1. The first-order valence-electron chi connectivity index (χ1n) is 14.2. The fraction of sp³-hybridized carbons (Fsp3) is 0.419. The van der Waals surface area contributed by atoms with Crippen molar-refractivity contribution < 1.29 is 36.2 Å². The lowest BCUT2D eigenvalue weighted by atomic mass is 9.98. The molecule has 1 amide bonds. The normalized spacial score (nSPS) is 14.3. The molecule has 13 heteroatoms. The van der Waals surface area contributed by atoms with E-state index in [1.807, 2.05) is 20.8 Å². The van der Waals surface area contributed by atoms with Crippen LogP contribution in [0.25, 0.3) is 11.1 Å². The summed E-state index contributed by atoms with van der Waals surface area (Å²) in [5.41, 5.74) is -0.0453. The molecule has 10 nitrogen and oxygen atoms in total. The molecule has 0 aliphatic carbocycles. The third-order valence-corrected chi connectivity index (χ3v) is 8.27. The van der Waals surface area contributed by atoms with Gasteiger partial charge in [0.25, 0.3) is 5.56 Å². The number of nitrogens with one attached hydrogen (secondary N) is 1. The van der Waals surface area contributed by atoms with Crippen molar-refractivity contribution in [3.63, 3.8) is 0 Å². The second-order valence-electron chi connectivity index (χ2n) is 11.6. The number of halogens is 2. The Kier molecular flexibility index (Phi) is 9.87. The van der Waals surface area contributed by atoms with Crippen molar-refractivity contribution in [2.24, 2.45) is 13.0 Å². The van der Waals surface area contributed by atoms with Gasteiger partial charge in [0.2, 0.25) is 10.0 Å². The zero-order chi connectivity index (χ0) is 32.2. The fourth-order valence-corrected chi connectivity index (χ4v) is 5.20. The second-order valence-corrected chi connectivity index (χ2v) is 13.6. The van der Waals surface area contributed by atoms with Crippen molar-refractivity contribution in [3.8, 4) is 28.4 Å². The largest absolute Gasteiger partial charge is 0.492 e. The van der Waals surface area contributed by atoms with Crippen LogP contribution in [0.3, 0.4) is 0 Å². The van der Waals surface area contributed by atoms with Gasteiger partial charge in [-0.2, -0.15) is 0 Å². The Labute approximate surface area is 255 Å². The van der Waals surface area contributed by atoms with Crippen molar-refractivity contribution in [2.45, 2.75) is 46.1 Å². The number of likely N-dealkylation sites (tertiary alicyclic amines) is 1. The number of carbonyl (C=O) groups is 1. The minimum atomic E-state index is -3.64. The molecule has 0 unspecified atom stereocenters. The molecule has 0 spiro atoms. The van der Waals surface area contributed by atoms with Crippen LogP contribution in [-0.4, -0.2) is 55.0 Å². The molecule has 1 aromatic heterocycles. The first-order chi connectivity index (χ1) is 20.6. The van der Waals surface area contributed by atoms with Crippen LogP contribution in [0.5, 0.6) is 17.2 Å². The van der Waals surface area contributed by atoms with E-state index in [4.69, 9.17) is 14.2 Å². The summed E-state index contributed by atoms with van der Waals surface area (Å²) in [4.78, 5) is 26.8. The highest BCUT2D eigenvalue weighted by Gasteiger charge is 2.28. The quantitative estimate of drug-likeness (QED) is 0.312. The van der Waals surface area contributed by atoms with Crippen LogP contribution in [0, 0.1) is 17.6 Å². The lowest BCUT2D eigenvalue weighted by Crippen LogP contribution is -2.42. The molecular formula is C31H37F2N3O7S. The van der Waals surface area contributed by atoms with E-state index in [0.29, 0.717) is 43.1 Å². The number of nitrogens with zero attached hydrogens (tertiary/aromatic N) is 2. The number of carbonyl (C=O) groups excluding carboxylic acids is 1. The van der Waals surface area contributed by atoms with Gasteiger partial charge >= 0.3 is 6.09 Å². The molecule has 0 atom stereocenters. The molecule has 3 aromatic rings. The van der Waals surface area contributed by atoms with E-state index >= 15 is 0 Å². The molecule has 1 N–H and O–H groups in total. The summed E-state index contributed by atoms with van der Waals surface area (Å²) >= 11 is 0. The zero-order valence-corrected chi connectivity index (χ0v) is 26.2. The molecule has 0 radical (unpaired) electrons. The van der Waals surface area contributed by atoms with Crippen molar-refractivity contribution >= 4 is 21.8 Å². The Morgan fingerprint density at radius 2 is 1.68 bits per heavy atom. The molecule has 1 fully saturated rings. The van der Waals surface area contributed by atoms with Crippen LogP contribution in [0.4, 0.5) is 19.3 Å². The number of hydrogen-bond acceptors (Lipinski definition) is 7. The topological polar surface area (TPSA) is 116 Å². The molecule has 0 saturated carbocycles. The van der Waals surface area contributed by atoms with E-state index in [1.54, 1.807) is 11.9 Å². The van der Waals surface area contributed by atoms with E-state index in [9.17, 15) is 26.8 Å². The lowest BCUT2D eigenvalue weighted by Gasteiger charge is -2.33. The predicted octanol–water partition coefficient (Wildman–Crippen LogP) is 5.91. The fourth-order valence-electron chi connectivity index (χ4n) is 4.57. The number of aryl methyl sites for hydroxylation is 1. The number of rotatable bonds is 9. The zero-order valence-electron chi connectivity index (χ0n) is 25.4. The maximum Gasteiger partial charge on any atom is 0.410 e. The lowest BCUT2D eigenvalue weighted by molar-refractivity contribution is 0.0165. The summed E-state index contributed by atoms with van der Waals surface area (Å²) in [5, 5.41) is 0. The number of aromatic nitrogens is 1. The summed E-state index contributed by atoms with van der Waals surface area (Å²) in [6, 6.07) is 8.60. The van der Waals surface area contributed by atoms with E-state index in [0.717, 1.165) is 12.1 Å². The molecule has 1 saturated heterocycles. The molecule has 2 heterocycles. The highest BCUT2D eigenvalue weighted by Crippen LogP contribution is 2.40. The standard InChI is InChI=1S/C31H37F2N3O7S/c1-6-44(39,40)34-22-8-10-26(42-27-9-7-21(32)15-25(27)33)23(16-22)24-18-35(5)29(37)17-28(24)41-19-20-11-13-36(14-12-20)30(38)43-31(2,3)4/h7-10,15-18,20,34H,6,11-14,19H2,1-5H3. The van der Waals surface area contributed by atoms with Crippen LogP contribution in [0.1, 0.15) is 40.5 Å². The molecule has 2 aromatic carbocycles. The second kappa shape index (κ2) is 13.2. The average Bonchev–Trinajstić information content (AvgIpc) is 2.95. The molecule has 0 bridgehead atoms. The van der Waals surface area contributed by atoms with Gasteiger partial charge in [-0.1, -0.05) is 0 Å². The molecule has 4 rings (SSSR count). The van der Waals surface area contributed by atoms with Gasteiger partial charge in [-0.3, -0.25) is 9.52 Å². The summed E-state index contributed by atoms with van der Waals surface area (Å²) < 4.78 is 74.0. The van der Waals surface area contributed by atoms with Gasteiger partial charge in [-0.05, 0) is 76.8 Å². The van der Waals surface area contributed by atoms with Crippen molar-refractivity contribution in [1.82, 2.24) is 9.47 Å². The van der Waals surface area contributed by atoms with Crippen LogP contribution in [0.15, 0.2) is 53.5 Å². The molecular weight excluding hydrogens is 596 g/mol. The van der Waals surface area contributed by atoms with E-state index in [-0.39, 0.29) is 52.9 Å². The molecule has 44 heavy (non-hydrogen) atoms. The SMILES string of the molecule is CCS(=O)(=O)Nc1ccc(Oc2ccc(F)cc2F)c(-c2cn(C)c(=O)cc2OCC2CCN(C(=O)OC(C)(C)C)CC2)c1. The smallest absolute Gasteiger partial charge is 0.410 e. The Morgan fingerprint density at radius 3 is 2.32 bits per heavy atom. The highest BCUT2D eigenvalue weighted by atomic mass is 32.2. The summed E-state index contributed by atoms with van der Waals surface area (Å²) in [6.45, 7) is 8.17. The number of sulfonamides is 1. The third-order valence-electron chi connectivity index (χ3n) is 6.97. The Bertz CT molecular complexity index is 1680. The number of benzene rings is 2. The van der Waals surface area contributed by atoms with Gasteiger partial charge in [0.1, 0.15) is 22.9 Å². The average molecular weight is 634 g/mol. The highest BCUT2D eigenvalue weighted by molar-refractivity contribution is 7.92. The minimum Gasteiger partial charge on any atom is -0.492 e. The first kappa shape index (κ1) is 32.8. The maximum absolute atomic E-state index is 14.5. The van der Waals surface area contributed by atoms with Gasteiger partial charge in [-0.15, -0.1) is 0 Å². The summed E-state index contributed by atoms with van der Waals surface area (Å²) in [5.74, 6) is -1.71. The summed E-state index contributed by atoms with van der Waals surface area (Å²) in [7, 11) is -2.09. The van der Waals surface area contributed by atoms with E-state index in [1.165, 1.54) is 42.0 Å². The van der Waals surface area contributed by atoms with Crippen molar-refractivity contribution in [3.05, 3.63) is 70.6 Å². The van der Waals surface area contributed by atoms with E-state index < -0.39 is 27.3 Å². The Balaban J connectivity index is 1.64. The van der Waals surface area contributed by atoms with Crippen molar-refractivity contribution in [1.29, 1.82) is 0 Å². The maximum atomic E-state index is 14.5. The van der Waals surface area contributed by atoms with Gasteiger partial charge in [0.05, 0.1) is 12.4 Å². The monoisotopic (exact) mass is 633 g/mol. The third kappa shape index (κ3) is 8.49. The Hall–Kier alpha value is -4.13. The number of pyridine rings is 1. The van der Waals surface area contributed by atoms with Crippen molar-refractivity contribution in [2.75, 3.05) is 30.2 Å². The van der Waals surface area contributed by atoms with Gasteiger partial charge in [0.15, 0.2) is 11.6 Å². The Morgan fingerprint density at radius 1 is 1.00 bits per heavy atom. The molecule has 238 valence electrons. The number of ether oxygens (including phenoxy) is 3. The first-order valence-corrected chi connectivity index (χ1v) is 15.9. The molecule has 1 aliphatic heterocycles. The number of amides is 1. The van der Waals surface area contributed by atoms with Gasteiger partial charge < -0.3 is 23.7 Å². The van der Waals surface area contributed by atoms with Crippen LogP contribution in [-0.2, 0) is 21.8 Å². The van der Waals surface area contributed by atoms with Gasteiger partial charge in [0, 0.05) is 55.3 Å². The molecule has 1 aliphatic rings. The number of hydrogen-bond donors (Lipinski definition) is 1. The minimum absolute atomic E-state index is 0.0809. The van der Waals surface area contributed by atoms with Crippen LogP contribution >= 0.6 is 0 Å². The van der Waals surface area contributed by atoms with Crippen LogP contribution in [0.2, 0.25) is 0 Å². The van der Waals surface area contributed by atoms with E-state index in [2.05, 4.69) is 4.72 Å². The van der Waals surface area contributed by atoms with Gasteiger partial charge in [-0.25, -0.2) is 22.0 Å².